The molecule has 0 aliphatic heterocycles. The topological polar surface area (TPSA) is 26.0 Å². The van der Waals surface area contributed by atoms with Gasteiger partial charge in [-0.2, -0.15) is 0 Å². The lowest BCUT2D eigenvalue weighted by atomic mass is 9.98. The average Bonchev–Trinajstić information content (AvgIpc) is 2.69. The van der Waals surface area contributed by atoms with Gasteiger partial charge in [-0.1, -0.05) is 32.0 Å². The van der Waals surface area contributed by atoms with Crippen LogP contribution in [0.15, 0.2) is 29.6 Å². The zero-order chi connectivity index (χ0) is 11.5. The Balaban J connectivity index is 0.00000144. The second-order valence-corrected chi connectivity index (χ2v) is 5.68. The van der Waals surface area contributed by atoms with Gasteiger partial charge in [-0.05, 0) is 41.2 Å². The van der Waals surface area contributed by atoms with Crippen LogP contribution in [0.4, 0.5) is 0 Å². The van der Waals surface area contributed by atoms with E-state index in [2.05, 4.69) is 43.5 Å². The number of benzene rings is 1. The Morgan fingerprint density at radius 1 is 1.18 bits per heavy atom. The third-order valence-electron chi connectivity index (χ3n) is 2.97. The highest BCUT2D eigenvalue weighted by molar-refractivity contribution is 7.17. The molecule has 1 aromatic heterocycles. The van der Waals surface area contributed by atoms with Crippen molar-refractivity contribution in [3.8, 4) is 0 Å². The molecule has 0 saturated heterocycles. The van der Waals surface area contributed by atoms with Gasteiger partial charge in [0.2, 0.25) is 0 Å². The van der Waals surface area contributed by atoms with Crippen LogP contribution in [0.3, 0.4) is 0 Å². The molecule has 0 saturated carbocycles. The number of fused-ring (bicyclic) bond motifs is 1. The third-order valence-corrected chi connectivity index (χ3v) is 3.95. The highest BCUT2D eigenvalue weighted by Gasteiger charge is 2.11. The van der Waals surface area contributed by atoms with Crippen molar-refractivity contribution in [3.63, 3.8) is 0 Å². The maximum absolute atomic E-state index is 6.26. The van der Waals surface area contributed by atoms with Crippen molar-refractivity contribution < 1.29 is 0 Å². The van der Waals surface area contributed by atoms with Gasteiger partial charge in [0.1, 0.15) is 0 Å². The summed E-state index contributed by atoms with van der Waals surface area (Å²) in [4.78, 5) is 0. The summed E-state index contributed by atoms with van der Waals surface area (Å²) in [5, 5.41) is 3.55. The Morgan fingerprint density at radius 2 is 1.88 bits per heavy atom. The zero-order valence-corrected chi connectivity index (χ0v) is 12.0. The van der Waals surface area contributed by atoms with Crippen LogP contribution in [0.1, 0.15) is 38.3 Å². The summed E-state index contributed by atoms with van der Waals surface area (Å²) in [6.07, 6.45) is 2.28. The molecule has 0 spiro atoms. The largest absolute Gasteiger partial charge is 0.324 e. The number of halogens is 1. The molecule has 0 radical (unpaired) electrons. The van der Waals surface area contributed by atoms with E-state index in [0.717, 1.165) is 12.3 Å². The highest BCUT2D eigenvalue weighted by atomic mass is 35.5. The van der Waals surface area contributed by atoms with Crippen LogP contribution in [0, 0.1) is 5.92 Å². The molecule has 0 aliphatic rings. The van der Waals surface area contributed by atoms with Gasteiger partial charge >= 0.3 is 0 Å². The summed E-state index contributed by atoms with van der Waals surface area (Å²) >= 11 is 1.80. The SMILES string of the molecule is CC(C)CC[C@@H](N)c1csc2ccccc12.Cl. The highest BCUT2D eigenvalue weighted by Crippen LogP contribution is 2.31. The zero-order valence-electron chi connectivity index (χ0n) is 10.3. The molecule has 17 heavy (non-hydrogen) atoms. The number of rotatable bonds is 4. The normalized spacial score (nSPS) is 12.7. The van der Waals surface area contributed by atoms with Crippen molar-refractivity contribution in [1.82, 2.24) is 0 Å². The molecule has 1 aromatic carbocycles. The molecular formula is C14H20ClNS. The van der Waals surface area contributed by atoms with Gasteiger partial charge in [0.05, 0.1) is 0 Å². The van der Waals surface area contributed by atoms with Gasteiger partial charge in [-0.3, -0.25) is 0 Å². The molecule has 0 bridgehead atoms. The fourth-order valence-electron chi connectivity index (χ4n) is 1.95. The lowest BCUT2D eigenvalue weighted by molar-refractivity contribution is 0.509. The Bertz CT molecular complexity index is 464. The van der Waals surface area contributed by atoms with Crippen LogP contribution < -0.4 is 5.73 Å². The van der Waals surface area contributed by atoms with Crippen LogP contribution in [-0.4, -0.2) is 0 Å². The number of thiophene rings is 1. The van der Waals surface area contributed by atoms with Crippen molar-refractivity contribution in [3.05, 3.63) is 35.2 Å². The van der Waals surface area contributed by atoms with E-state index in [1.165, 1.54) is 22.1 Å². The van der Waals surface area contributed by atoms with Gasteiger partial charge in [0, 0.05) is 10.7 Å². The Kier molecular flexibility index (Phi) is 5.44. The molecule has 2 aromatic rings. The van der Waals surface area contributed by atoms with Crippen LogP contribution in [0.25, 0.3) is 10.1 Å². The van der Waals surface area contributed by atoms with E-state index in [-0.39, 0.29) is 18.4 Å². The fraction of sp³-hybridized carbons (Fsp3) is 0.429. The summed E-state index contributed by atoms with van der Waals surface area (Å²) in [6, 6.07) is 8.71. The number of hydrogen-bond acceptors (Lipinski definition) is 2. The second kappa shape index (κ2) is 6.39. The van der Waals surface area contributed by atoms with E-state index >= 15 is 0 Å². The minimum Gasteiger partial charge on any atom is -0.324 e. The van der Waals surface area contributed by atoms with E-state index in [4.69, 9.17) is 5.73 Å². The minimum absolute atomic E-state index is 0. The fourth-order valence-corrected chi connectivity index (χ4v) is 2.98. The molecule has 1 atom stereocenters. The van der Waals surface area contributed by atoms with E-state index in [0.29, 0.717) is 0 Å². The van der Waals surface area contributed by atoms with Gasteiger partial charge < -0.3 is 5.73 Å². The van der Waals surface area contributed by atoms with Gasteiger partial charge in [-0.15, -0.1) is 23.7 Å². The van der Waals surface area contributed by atoms with Crippen molar-refractivity contribution in [2.45, 2.75) is 32.7 Å². The van der Waals surface area contributed by atoms with Crippen LogP contribution >= 0.6 is 23.7 Å². The lowest BCUT2D eigenvalue weighted by Crippen LogP contribution is -2.10. The van der Waals surface area contributed by atoms with Crippen molar-refractivity contribution >= 4 is 33.8 Å². The number of nitrogens with two attached hydrogens (primary N) is 1. The van der Waals surface area contributed by atoms with Crippen LogP contribution in [-0.2, 0) is 0 Å². The van der Waals surface area contributed by atoms with E-state index in [1.807, 2.05) is 0 Å². The summed E-state index contributed by atoms with van der Waals surface area (Å²) in [7, 11) is 0. The predicted molar refractivity (Wildman–Crippen MR) is 80.1 cm³/mol. The standard InChI is InChI=1S/C14H19NS.ClH/c1-10(2)7-8-13(15)12-9-16-14-6-4-3-5-11(12)14;/h3-6,9-10,13H,7-8,15H2,1-2H3;1H/t13-;/m1./s1. The van der Waals surface area contributed by atoms with Crippen LogP contribution in [0.2, 0.25) is 0 Å². The number of hydrogen-bond donors (Lipinski definition) is 1. The first-order valence-electron chi connectivity index (χ1n) is 5.90. The van der Waals surface area contributed by atoms with Gasteiger partial charge in [-0.25, -0.2) is 0 Å². The third kappa shape index (κ3) is 3.44. The molecular weight excluding hydrogens is 250 g/mol. The maximum Gasteiger partial charge on any atom is 0.0346 e. The first kappa shape index (κ1) is 14.5. The Morgan fingerprint density at radius 3 is 2.59 bits per heavy atom. The first-order chi connectivity index (χ1) is 7.68. The van der Waals surface area contributed by atoms with Gasteiger partial charge in [0.15, 0.2) is 0 Å². The molecule has 1 heterocycles. The monoisotopic (exact) mass is 269 g/mol. The van der Waals surface area contributed by atoms with Crippen LogP contribution in [0.5, 0.6) is 0 Å². The molecule has 0 aliphatic carbocycles. The lowest BCUT2D eigenvalue weighted by Gasteiger charge is -2.12. The minimum atomic E-state index is 0. The van der Waals surface area contributed by atoms with Crippen molar-refractivity contribution in [2.75, 3.05) is 0 Å². The molecule has 0 unspecified atom stereocenters. The van der Waals surface area contributed by atoms with Gasteiger partial charge in [0.25, 0.3) is 0 Å². The predicted octanol–water partition coefficient (Wildman–Crippen LogP) is 4.76. The molecule has 2 N–H and O–H groups in total. The first-order valence-corrected chi connectivity index (χ1v) is 6.78. The smallest absolute Gasteiger partial charge is 0.0346 e. The van der Waals surface area contributed by atoms with E-state index in [9.17, 15) is 0 Å². The van der Waals surface area contributed by atoms with Crippen molar-refractivity contribution in [1.29, 1.82) is 0 Å². The molecule has 1 nitrogen and oxygen atoms in total. The maximum atomic E-state index is 6.26. The van der Waals surface area contributed by atoms with E-state index in [1.54, 1.807) is 11.3 Å². The molecule has 0 fully saturated rings. The average molecular weight is 270 g/mol. The summed E-state index contributed by atoms with van der Waals surface area (Å²) in [5.41, 5.74) is 7.58. The molecule has 0 amide bonds. The summed E-state index contributed by atoms with van der Waals surface area (Å²) in [6.45, 7) is 4.50. The molecule has 3 heteroatoms. The summed E-state index contributed by atoms with van der Waals surface area (Å²) < 4.78 is 1.34. The Hall–Kier alpha value is -0.570. The summed E-state index contributed by atoms with van der Waals surface area (Å²) in [5.74, 6) is 0.732. The Labute approximate surface area is 113 Å². The van der Waals surface area contributed by atoms with E-state index < -0.39 is 0 Å². The van der Waals surface area contributed by atoms with Crippen molar-refractivity contribution in [2.24, 2.45) is 11.7 Å². The molecule has 2 rings (SSSR count). The molecule has 94 valence electrons. The second-order valence-electron chi connectivity index (χ2n) is 4.76. The quantitative estimate of drug-likeness (QED) is 0.851.